The van der Waals surface area contributed by atoms with Crippen LogP contribution in [0.1, 0.15) is 5.01 Å². The minimum atomic E-state index is -0.121. The fraction of sp³-hybridized carbons (Fsp3) is 0.300. The Bertz CT molecular complexity index is 519. The largest absolute Gasteiger partial charge is 0.320 e. The third kappa shape index (κ3) is 2.53. The molecule has 0 atom stereocenters. The summed E-state index contributed by atoms with van der Waals surface area (Å²) >= 11 is 1.50. The first-order valence-corrected chi connectivity index (χ1v) is 5.78. The molecule has 0 saturated carbocycles. The van der Waals surface area contributed by atoms with Crippen LogP contribution < -0.4 is 10.9 Å². The van der Waals surface area contributed by atoms with Gasteiger partial charge in [0.15, 0.2) is 5.01 Å². The lowest BCUT2D eigenvalue weighted by atomic mass is 10.4. The number of likely N-dealkylation sites (N-methyl/N-ethyl adjacent to an activating group) is 1. The summed E-state index contributed by atoms with van der Waals surface area (Å²) in [5.74, 6) is 0. The highest BCUT2D eigenvalue weighted by Gasteiger charge is 2.06. The van der Waals surface area contributed by atoms with E-state index in [-0.39, 0.29) is 5.56 Å². The van der Waals surface area contributed by atoms with E-state index in [1.165, 1.54) is 17.4 Å². The molecule has 0 amide bonds. The number of pyridine rings is 1. The zero-order chi connectivity index (χ0) is 11.4. The molecular formula is C10H12N4OS. The summed E-state index contributed by atoms with van der Waals surface area (Å²) in [6.45, 7) is 0.875. The second kappa shape index (κ2) is 5.00. The first kappa shape index (κ1) is 11.0. The van der Waals surface area contributed by atoms with Gasteiger partial charge in [-0.2, -0.15) is 0 Å². The van der Waals surface area contributed by atoms with Crippen molar-refractivity contribution in [3.63, 3.8) is 0 Å². The fourth-order valence-electron chi connectivity index (χ4n) is 1.27. The summed E-state index contributed by atoms with van der Waals surface area (Å²) in [4.78, 5) is 13.9. The second-order valence-corrected chi connectivity index (χ2v) is 4.35. The summed E-state index contributed by atoms with van der Waals surface area (Å²) in [5, 5.41) is 12.9. The number of aromatic amines is 1. The van der Waals surface area contributed by atoms with Gasteiger partial charge < -0.3 is 10.3 Å². The van der Waals surface area contributed by atoms with Gasteiger partial charge in [0.2, 0.25) is 5.56 Å². The molecule has 0 saturated heterocycles. The SMILES string of the molecule is CNCCc1nnc(-c2cccc(=O)[nH]2)s1. The highest BCUT2D eigenvalue weighted by atomic mass is 32.1. The predicted molar refractivity (Wildman–Crippen MR) is 63.6 cm³/mol. The number of hydrogen-bond donors (Lipinski definition) is 2. The van der Waals surface area contributed by atoms with Crippen molar-refractivity contribution in [1.29, 1.82) is 0 Å². The maximum Gasteiger partial charge on any atom is 0.248 e. The van der Waals surface area contributed by atoms with Crippen LogP contribution in [0.25, 0.3) is 10.7 Å². The molecule has 6 heteroatoms. The number of rotatable bonds is 4. The van der Waals surface area contributed by atoms with Gasteiger partial charge in [-0.1, -0.05) is 17.4 Å². The molecule has 0 aliphatic heterocycles. The minimum absolute atomic E-state index is 0.121. The minimum Gasteiger partial charge on any atom is -0.320 e. The maximum atomic E-state index is 11.1. The normalized spacial score (nSPS) is 10.6. The molecule has 0 unspecified atom stereocenters. The molecule has 2 aromatic heterocycles. The highest BCUT2D eigenvalue weighted by molar-refractivity contribution is 7.14. The molecule has 0 aliphatic rings. The van der Waals surface area contributed by atoms with Gasteiger partial charge in [0, 0.05) is 19.0 Å². The second-order valence-electron chi connectivity index (χ2n) is 3.28. The van der Waals surface area contributed by atoms with E-state index in [0.717, 1.165) is 28.7 Å². The van der Waals surface area contributed by atoms with E-state index < -0.39 is 0 Å². The van der Waals surface area contributed by atoms with E-state index in [4.69, 9.17) is 0 Å². The molecule has 84 valence electrons. The standard InChI is InChI=1S/C10H12N4OS/c1-11-6-5-9-13-14-10(16-9)7-3-2-4-8(15)12-7/h2-4,11H,5-6H2,1H3,(H,12,15). The van der Waals surface area contributed by atoms with Crippen LogP contribution in [-0.4, -0.2) is 28.8 Å². The number of nitrogens with zero attached hydrogens (tertiary/aromatic N) is 2. The highest BCUT2D eigenvalue weighted by Crippen LogP contribution is 2.20. The summed E-state index contributed by atoms with van der Waals surface area (Å²) in [5.41, 5.74) is 0.602. The zero-order valence-electron chi connectivity index (χ0n) is 8.86. The fourth-order valence-corrected chi connectivity index (χ4v) is 2.09. The van der Waals surface area contributed by atoms with Crippen molar-refractivity contribution in [3.8, 4) is 10.7 Å². The van der Waals surface area contributed by atoms with Gasteiger partial charge >= 0.3 is 0 Å². The van der Waals surface area contributed by atoms with Gasteiger partial charge in [-0.05, 0) is 13.1 Å². The molecule has 0 spiro atoms. The van der Waals surface area contributed by atoms with E-state index in [9.17, 15) is 4.79 Å². The van der Waals surface area contributed by atoms with Crippen LogP contribution in [0, 0.1) is 0 Å². The molecule has 0 radical (unpaired) electrons. The lowest BCUT2D eigenvalue weighted by Gasteiger charge is -1.93. The van der Waals surface area contributed by atoms with Crippen LogP contribution >= 0.6 is 11.3 Å². The van der Waals surface area contributed by atoms with E-state index in [2.05, 4.69) is 20.5 Å². The smallest absolute Gasteiger partial charge is 0.248 e. The molecule has 2 aromatic rings. The Morgan fingerprint density at radius 3 is 3.06 bits per heavy atom. The monoisotopic (exact) mass is 236 g/mol. The summed E-state index contributed by atoms with van der Waals surface area (Å²) in [7, 11) is 1.90. The van der Waals surface area contributed by atoms with Gasteiger partial charge in [-0.25, -0.2) is 0 Å². The lowest BCUT2D eigenvalue weighted by molar-refractivity contribution is 0.779. The van der Waals surface area contributed by atoms with Crippen LogP contribution in [-0.2, 0) is 6.42 Å². The molecule has 2 heterocycles. The molecular weight excluding hydrogens is 224 g/mol. The van der Waals surface area contributed by atoms with Crippen molar-refractivity contribution in [1.82, 2.24) is 20.5 Å². The van der Waals surface area contributed by atoms with Crippen LogP contribution in [0.15, 0.2) is 23.0 Å². The number of H-pyrrole nitrogens is 1. The molecule has 0 fully saturated rings. The summed E-state index contributed by atoms with van der Waals surface area (Å²) in [6.07, 6.45) is 0.852. The van der Waals surface area contributed by atoms with Gasteiger partial charge in [0.25, 0.3) is 0 Å². The van der Waals surface area contributed by atoms with Crippen molar-refractivity contribution in [2.45, 2.75) is 6.42 Å². The van der Waals surface area contributed by atoms with Crippen LogP contribution in [0.3, 0.4) is 0 Å². The van der Waals surface area contributed by atoms with Crippen molar-refractivity contribution < 1.29 is 0 Å². The van der Waals surface area contributed by atoms with Gasteiger partial charge in [0.05, 0.1) is 5.69 Å². The molecule has 16 heavy (non-hydrogen) atoms. The van der Waals surface area contributed by atoms with E-state index in [1.54, 1.807) is 6.07 Å². The van der Waals surface area contributed by atoms with Crippen LogP contribution in [0.4, 0.5) is 0 Å². The average molecular weight is 236 g/mol. The quantitative estimate of drug-likeness (QED) is 0.818. The lowest BCUT2D eigenvalue weighted by Crippen LogP contribution is -2.09. The van der Waals surface area contributed by atoms with Crippen molar-refractivity contribution in [2.24, 2.45) is 0 Å². The predicted octanol–water partition coefficient (Wildman–Crippen LogP) is 0.655. The van der Waals surface area contributed by atoms with Crippen molar-refractivity contribution >= 4 is 11.3 Å². The molecule has 0 aromatic carbocycles. The molecule has 0 bridgehead atoms. The maximum absolute atomic E-state index is 11.1. The Labute approximate surface area is 96.6 Å². The van der Waals surface area contributed by atoms with Crippen LogP contribution in [0.2, 0.25) is 0 Å². The molecule has 2 N–H and O–H groups in total. The Morgan fingerprint density at radius 1 is 1.44 bits per heavy atom. The van der Waals surface area contributed by atoms with E-state index in [0.29, 0.717) is 0 Å². The number of hydrogen-bond acceptors (Lipinski definition) is 5. The number of nitrogens with one attached hydrogen (secondary N) is 2. The zero-order valence-corrected chi connectivity index (χ0v) is 9.67. The topological polar surface area (TPSA) is 70.7 Å². The summed E-state index contributed by atoms with van der Waals surface area (Å²) < 4.78 is 0. The van der Waals surface area contributed by atoms with Crippen molar-refractivity contribution in [3.05, 3.63) is 33.6 Å². The Balaban J connectivity index is 2.21. The third-order valence-corrected chi connectivity index (χ3v) is 3.07. The first-order valence-electron chi connectivity index (χ1n) is 4.96. The molecule has 2 rings (SSSR count). The van der Waals surface area contributed by atoms with Crippen LogP contribution in [0.5, 0.6) is 0 Å². The Kier molecular flexibility index (Phi) is 3.43. The number of aromatic nitrogens is 3. The van der Waals surface area contributed by atoms with E-state index in [1.807, 2.05) is 13.1 Å². The summed E-state index contributed by atoms with van der Waals surface area (Å²) in [6, 6.07) is 5.01. The first-order chi connectivity index (χ1) is 7.79. The van der Waals surface area contributed by atoms with E-state index >= 15 is 0 Å². The molecule has 5 nitrogen and oxygen atoms in total. The molecule has 0 aliphatic carbocycles. The Hall–Kier alpha value is -1.53. The van der Waals surface area contributed by atoms with Gasteiger partial charge in [0.1, 0.15) is 5.01 Å². The van der Waals surface area contributed by atoms with Gasteiger partial charge in [-0.15, -0.1) is 10.2 Å². The Morgan fingerprint density at radius 2 is 2.31 bits per heavy atom. The van der Waals surface area contributed by atoms with Gasteiger partial charge in [-0.3, -0.25) is 4.79 Å². The van der Waals surface area contributed by atoms with Crippen molar-refractivity contribution in [2.75, 3.05) is 13.6 Å². The average Bonchev–Trinajstić information content (AvgIpc) is 2.75. The third-order valence-electron chi connectivity index (χ3n) is 2.05.